The van der Waals surface area contributed by atoms with Gasteiger partial charge < -0.3 is 9.73 Å². The van der Waals surface area contributed by atoms with E-state index in [1.165, 1.54) is 0 Å². The van der Waals surface area contributed by atoms with Crippen LogP contribution in [0.2, 0.25) is 0 Å². The second kappa shape index (κ2) is 6.00. The number of furan rings is 1. The summed E-state index contributed by atoms with van der Waals surface area (Å²) in [4.78, 5) is 15.8. The Bertz CT molecular complexity index is 480. The van der Waals surface area contributed by atoms with Crippen LogP contribution < -0.4 is 5.32 Å². The molecule has 1 unspecified atom stereocenters. The van der Waals surface area contributed by atoms with Gasteiger partial charge in [-0.1, -0.05) is 13.0 Å². The second-order valence-electron chi connectivity index (χ2n) is 4.25. The summed E-state index contributed by atoms with van der Waals surface area (Å²) in [6, 6.07) is 7.51. The first-order valence-electron chi connectivity index (χ1n) is 5.94. The molecule has 2 heterocycles. The highest BCUT2D eigenvalue weighted by Gasteiger charge is 2.11. The third-order valence-electron chi connectivity index (χ3n) is 2.78. The van der Waals surface area contributed by atoms with Gasteiger partial charge in [0.2, 0.25) is 5.91 Å². The first kappa shape index (κ1) is 12.4. The van der Waals surface area contributed by atoms with Crippen molar-refractivity contribution in [2.75, 3.05) is 0 Å². The minimum atomic E-state index is 0.0164. The topological polar surface area (TPSA) is 55.1 Å². The molecule has 4 nitrogen and oxygen atoms in total. The van der Waals surface area contributed by atoms with Gasteiger partial charge in [0.15, 0.2) is 0 Å². The van der Waals surface area contributed by atoms with Gasteiger partial charge in [-0.25, -0.2) is 0 Å². The molecule has 0 aliphatic heterocycles. The van der Waals surface area contributed by atoms with E-state index >= 15 is 0 Å². The van der Waals surface area contributed by atoms with Crippen LogP contribution >= 0.6 is 0 Å². The van der Waals surface area contributed by atoms with Crippen molar-refractivity contribution >= 4 is 5.91 Å². The summed E-state index contributed by atoms with van der Waals surface area (Å²) in [5, 5.41) is 2.83. The van der Waals surface area contributed by atoms with E-state index in [0.717, 1.165) is 11.3 Å². The van der Waals surface area contributed by atoms with Gasteiger partial charge in [-0.2, -0.15) is 0 Å². The fraction of sp³-hybridized carbons (Fsp3) is 0.286. The van der Waals surface area contributed by atoms with Gasteiger partial charge in [0.05, 0.1) is 12.8 Å². The number of carbonyl (C=O) groups is 1. The summed E-state index contributed by atoms with van der Waals surface area (Å²) in [6.07, 6.45) is 5.57. The lowest BCUT2D eigenvalue weighted by Gasteiger charge is -2.10. The molecule has 2 aromatic heterocycles. The summed E-state index contributed by atoms with van der Waals surface area (Å²) in [6.45, 7) is 2.45. The Morgan fingerprint density at radius 2 is 2.33 bits per heavy atom. The van der Waals surface area contributed by atoms with Crippen molar-refractivity contribution in [1.82, 2.24) is 10.3 Å². The monoisotopic (exact) mass is 244 g/mol. The van der Waals surface area contributed by atoms with E-state index in [9.17, 15) is 4.79 Å². The first-order valence-corrected chi connectivity index (χ1v) is 5.94. The molecule has 0 saturated carbocycles. The molecule has 0 saturated heterocycles. The van der Waals surface area contributed by atoms with Crippen molar-refractivity contribution in [2.24, 2.45) is 0 Å². The Hall–Kier alpha value is -2.10. The number of amides is 1. The minimum absolute atomic E-state index is 0.0164. The lowest BCUT2D eigenvalue weighted by atomic mass is 9.99. The van der Waals surface area contributed by atoms with E-state index in [2.05, 4.69) is 10.3 Å². The number of rotatable bonds is 5. The summed E-state index contributed by atoms with van der Waals surface area (Å²) in [5.41, 5.74) is 1.07. The lowest BCUT2D eigenvalue weighted by molar-refractivity contribution is -0.121. The van der Waals surface area contributed by atoms with Crippen LogP contribution in [0.5, 0.6) is 0 Å². The number of aromatic nitrogens is 1. The second-order valence-corrected chi connectivity index (χ2v) is 4.25. The van der Waals surface area contributed by atoms with Gasteiger partial charge in [0, 0.05) is 18.8 Å². The largest absolute Gasteiger partial charge is 0.467 e. The van der Waals surface area contributed by atoms with Crippen LogP contribution in [0.25, 0.3) is 0 Å². The summed E-state index contributed by atoms with van der Waals surface area (Å²) in [5.74, 6) is 0.940. The predicted molar refractivity (Wildman–Crippen MR) is 67.8 cm³/mol. The SMILES string of the molecule is CC(CC(=O)NCc1ccco1)c1cccnc1. The van der Waals surface area contributed by atoms with Crippen molar-refractivity contribution in [1.29, 1.82) is 0 Å². The highest BCUT2D eigenvalue weighted by atomic mass is 16.3. The Labute approximate surface area is 106 Å². The average molecular weight is 244 g/mol. The van der Waals surface area contributed by atoms with Crippen LogP contribution in [0, 0.1) is 0 Å². The van der Waals surface area contributed by atoms with Gasteiger partial charge >= 0.3 is 0 Å². The number of pyridine rings is 1. The molecule has 0 bridgehead atoms. The minimum Gasteiger partial charge on any atom is -0.467 e. The number of nitrogens with zero attached hydrogens (tertiary/aromatic N) is 1. The Morgan fingerprint density at radius 1 is 1.44 bits per heavy atom. The van der Waals surface area contributed by atoms with E-state index in [1.54, 1.807) is 24.7 Å². The highest BCUT2D eigenvalue weighted by Crippen LogP contribution is 2.17. The van der Waals surface area contributed by atoms with E-state index in [1.807, 2.05) is 25.1 Å². The molecule has 94 valence electrons. The van der Waals surface area contributed by atoms with Crippen molar-refractivity contribution in [3.8, 4) is 0 Å². The summed E-state index contributed by atoms with van der Waals surface area (Å²) < 4.78 is 5.15. The molecule has 2 aromatic rings. The number of carbonyl (C=O) groups excluding carboxylic acids is 1. The zero-order valence-corrected chi connectivity index (χ0v) is 10.3. The van der Waals surface area contributed by atoms with Crippen molar-refractivity contribution in [3.05, 3.63) is 54.2 Å². The molecule has 18 heavy (non-hydrogen) atoms. The van der Waals surface area contributed by atoms with Crippen LogP contribution in [0.15, 0.2) is 47.3 Å². The predicted octanol–water partition coefficient (Wildman–Crippen LogP) is 2.48. The molecule has 1 atom stereocenters. The molecule has 1 amide bonds. The molecule has 0 aliphatic rings. The van der Waals surface area contributed by atoms with Crippen LogP contribution in [-0.4, -0.2) is 10.9 Å². The van der Waals surface area contributed by atoms with Crippen molar-refractivity contribution < 1.29 is 9.21 Å². The van der Waals surface area contributed by atoms with Gasteiger partial charge in [-0.05, 0) is 29.7 Å². The average Bonchev–Trinajstić information content (AvgIpc) is 2.90. The number of nitrogens with one attached hydrogen (secondary N) is 1. The fourth-order valence-electron chi connectivity index (χ4n) is 1.73. The maximum atomic E-state index is 11.7. The molecule has 0 aliphatic carbocycles. The normalized spacial score (nSPS) is 12.1. The smallest absolute Gasteiger partial charge is 0.220 e. The van der Waals surface area contributed by atoms with Gasteiger partial charge in [0.25, 0.3) is 0 Å². The third kappa shape index (κ3) is 3.45. The Kier molecular flexibility index (Phi) is 4.12. The van der Waals surface area contributed by atoms with Gasteiger partial charge in [0.1, 0.15) is 5.76 Å². The molecule has 1 N–H and O–H groups in total. The van der Waals surface area contributed by atoms with Crippen LogP contribution in [0.3, 0.4) is 0 Å². The summed E-state index contributed by atoms with van der Waals surface area (Å²) >= 11 is 0. The maximum absolute atomic E-state index is 11.7. The van der Waals surface area contributed by atoms with Crippen LogP contribution in [0.1, 0.15) is 30.6 Å². The third-order valence-corrected chi connectivity index (χ3v) is 2.78. The van der Waals surface area contributed by atoms with E-state index in [0.29, 0.717) is 13.0 Å². The maximum Gasteiger partial charge on any atom is 0.220 e. The van der Waals surface area contributed by atoms with E-state index in [4.69, 9.17) is 4.42 Å². The highest BCUT2D eigenvalue weighted by molar-refractivity contribution is 5.76. The van der Waals surface area contributed by atoms with E-state index < -0.39 is 0 Å². The molecular weight excluding hydrogens is 228 g/mol. The van der Waals surface area contributed by atoms with Gasteiger partial charge in [-0.3, -0.25) is 9.78 Å². The lowest BCUT2D eigenvalue weighted by Crippen LogP contribution is -2.23. The first-order chi connectivity index (χ1) is 8.75. The molecule has 0 radical (unpaired) electrons. The van der Waals surface area contributed by atoms with Crippen LogP contribution in [0.4, 0.5) is 0 Å². The summed E-state index contributed by atoms with van der Waals surface area (Å²) in [7, 11) is 0. The zero-order valence-electron chi connectivity index (χ0n) is 10.3. The molecule has 0 spiro atoms. The zero-order chi connectivity index (χ0) is 12.8. The van der Waals surface area contributed by atoms with E-state index in [-0.39, 0.29) is 11.8 Å². The Morgan fingerprint density at radius 3 is 3.00 bits per heavy atom. The Balaban J connectivity index is 1.80. The molecule has 4 heteroatoms. The number of hydrogen-bond acceptors (Lipinski definition) is 3. The molecule has 0 fully saturated rings. The van der Waals surface area contributed by atoms with Crippen LogP contribution in [-0.2, 0) is 11.3 Å². The molecular formula is C14H16N2O2. The van der Waals surface area contributed by atoms with Gasteiger partial charge in [-0.15, -0.1) is 0 Å². The van der Waals surface area contributed by atoms with Crippen molar-refractivity contribution in [2.45, 2.75) is 25.8 Å². The molecule has 0 aromatic carbocycles. The van der Waals surface area contributed by atoms with Crippen molar-refractivity contribution in [3.63, 3.8) is 0 Å². The standard InChI is InChI=1S/C14H16N2O2/c1-11(12-4-2-6-15-9-12)8-14(17)16-10-13-5-3-7-18-13/h2-7,9,11H,8,10H2,1H3,(H,16,17). The number of hydrogen-bond donors (Lipinski definition) is 1. The fourth-order valence-corrected chi connectivity index (χ4v) is 1.73. The molecule has 2 rings (SSSR count). The quantitative estimate of drug-likeness (QED) is 0.879.